The molecule has 5 rings (SSSR count). The van der Waals surface area contributed by atoms with E-state index in [1.165, 1.54) is 6.42 Å². The van der Waals surface area contributed by atoms with Gasteiger partial charge in [0.2, 0.25) is 5.95 Å². The molecule has 5 heterocycles. The normalized spacial score (nSPS) is 18.3. The summed E-state index contributed by atoms with van der Waals surface area (Å²) in [7, 11) is 0. The van der Waals surface area contributed by atoms with Gasteiger partial charge >= 0.3 is 0 Å². The molecule has 0 N–H and O–H groups in total. The van der Waals surface area contributed by atoms with Crippen LogP contribution >= 0.6 is 15.9 Å². The van der Waals surface area contributed by atoms with Gasteiger partial charge < -0.3 is 9.80 Å². The molecule has 0 unspecified atom stereocenters. The lowest BCUT2D eigenvalue weighted by Gasteiger charge is -2.32. The van der Waals surface area contributed by atoms with E-state index in [1.54, 1.807) is 12.4 Å². The predicted molar refractivity (Wildman–Crippen MR) is 102 cm³/mol. The number of aromatic nitrogens is 6. The molecule has 3 aromatic heterocycles. The maximum absolute atomic E-state index is 4.79. The Morgan fingerprint density at radius 1 is 0.923 bits per heavy atom. The van der Waals surface area contributed by atoms with E-state index in [9.17, 15) is 0 Å². The van der Waals surface area contributed by atoms with Crippen LogP contribution in [0.3, 0.4) is 0 Å². The summed E-state index contributed by atoms with van der Waals surface area (Å²) in [6, 6.07) is 4.06. The van der Waals surface area contributed by atoms with Gasteiger partial charge in [0, 0.05) is 44.5 Å². The third kappa shape index (κ3) is 2.80. The third-order valence-electron chi connectivity index (χ3n) is 5.20. The lowest BCUT2D eigenvalue weighted by Crippen LogP contribution is -2.38. The third-order valence-corrected chi connectivity index (χ3v) is 5.61. The molecule has 8 nitrogen and oxygen atoms in total. The maximum atomic E-state index is 4.79. The first-order valence-electron chi connectivity index (χ1n) is 8.98. The fourth-order valence-corrected chi connectivity index (χ4v) is 3.78. The fraction of sp³-hybridized carbons (Fsp3) is 0.471. The fourth-order valence-electron chi connectivity index (χ4n) is 3.57. The van der Waals surface area contributed by atoms with Crippen molar-refractivity contribution in [2.45, 2.75) is 25.2 Å². The smallest absolute Gasteiger partial charge is 0.225 e. The van der Waals surface area contributed by atoms with E-state index in [4.69, 9.17) is 5.10 Å². The number of halogens is 1. The van der Waals surface area contributed by atoms with Crippen molar-refractivity contribution in [1.29, 1.82) is 0 Å². The molecule has 0 amide bonds. The average Bonchev–Trinajstić information content (AvgIpc) is 3.04. The van der Waals surface area contributed by atoms with E-state index in [1.807, 2.05) is 16.6 Å². The zero-order valence-corrected chi connectivity index (χ0v) is 15.9. The first-order valence-corrected chi connectivity index (χ1v) is 9.77. The molecular weight excluding hydrogens is 396 g/mol. The molecule has 2 aliphatic heterocycles. The number of hydrogen-bond acceptors (Lipinski definition) is 7. The molecule has 0 aliphatic carbocycles. The van der Waals surface area contributed by atoms with Crippen molar-refractivity contribution in [3.8, 4) is 0 Å². The van der Waals surface area contributed by atoms with Gasteiger partial charge in [0.25, 0.3) is 0 Å². The molecule has 134 valence electrons. The summed E-state index contributed by atoms with van der Waals surface area (Å²) in [5.41, 5.74) is 0.822. The van der Waals surface area contributed by atoms with E-state index in [2.05, 4.69) is 45.9 Å². The molecule has 0 aromatic carbocycles. The van der Waals surface area contributed by atoms with Gasteiger partial charge in [0.05, 0.1) is 4.47 Å². The highest BCUT2D eigenvalue weighted by Crippen LogP contribution is 2.29. The Morgan fingerprint density at radius 2 is 1.69 bits per heavy atom. The molecule has 0 saturated carbocycles. The second-order valence-electron chi connectivity index (χ2n) is 6.82. The zero-order chi connectivity index (χ0) is 17.5. The van der Waals surface area contributed by atoms with Gasteiger partial charge in [-0.15, -0.1) is 15.3 Å². The Balaban J connectivity index is 1.35. The predicted octanol–water partition coefficient (Wildman–Crippen LogP) is 2.27. The Morgan fingerprint density at radius 3 is 2.38 bits per heavy atom. The average molecular weight is 415 g/mol. The topological polar surface area (TPSA) is 75.3 Å². The number of nitrogens with zero attached hydrogens (tertiary/aromatic N) is 8. The lowest BCUT2D eigenvalue weighted by atomic mass is 9.96. The Labute approximate surface area is 159 Å². The minimum Gasteiger partial charge on any atom is -0.355 e. The molecule has 0 bridgehead atoms. The van der Waals surface area contributed by atoms with Gasteiger partial charge in [-0.2, -0.15) is 4.52 Å². The molecule has 2 saturated heterocycles. The van der Waals surface area contributed by atoms with Gasteiger partial charge in [-0.05, 0) is 47.3 Å². The molecule has 0 radical (unpaired) electrons. The summed E-state index contributed by atoms with van der Waals surface area (Å²) >= 11 is 3.38. The summed E-state index contributed by atoms with van der Waals surface area (Å²) < 4.78 is 2.83. The molecule has 9 heteroatoms. The molecule has 0 spiro atoms. The van der Waals surface area contributed by atoms with E-state index >= 15 is 0 Å². The number of rotatable bonds is 3. The zero-order valence-electron chi connectivity index (χ0n) is 14.3. The second kappa shape index (κ2) is 6.46. The van der Waals surface area contributed by atoms with Crippen molar-refractivity contribution >= 4 is 33.3 Å². The van der Waals surface area contributed by atoms with Crippen LogP contribution in [0.2, 0.25) is 0 Å². The summed E-state index contributed by atoms with van der Waals surface area (Å²) in [5.74, 6) is 3.14. The quantitative estimate of drug-likeness (QED) is 0.650. The van der Waals surface area contributed by atoms with Crippen LogP contribution in [0.5, 0.6) is 0 Å². The van der Waals surface area contributed by atoms with Crippen molar-refractivity contribution in [2.24, 2.45) is 0 Å². The van der Waals surface area contributed by atoms with Gasteiger partial charge in [-0.3, -0.25) is 0 Å². The summed E-state index contributed by atoms with van der Waals surface area (Å²) in [6.07, 6.45) is 6.82. The molecule has 0 atom stereocenters. The summed E-state index contributed by atoms with van der Waals surface area (Å²) in [5, 5.41) is 13.6. The van der Waals surface area contributed by atoms with Crippen molar-refractivity contribution in [3.63, 3.8) is 0 Å². The Hall–Kier alpha value is -2.29. The standard InChI is InChI=1S/C17H19BrN8/c18-13-10-19-17(20-11-13)25-8-4-12(5-9-25)16-22-21-14-2-3-15(23-26(14)16)24-6-1-7-24/h2-3,10-12H,1,4-9H2. The van der Waals surface area contributed by atoms with Crippen LogP contribution in [0.4, 0.5) is 11.8 Å². The molecule has 3 aromatic rings. The minimum atomic E-state index is 0.357. The monoisotopic (exact) mass is 414 g/mol. The first-order chi connectivity index (χ1) is 12.8. The number of anilines is 2. The highest BCUT2D eigenvalue weighted by Gasteiger charge is 2.27. The van der Waals surface area contributed by atoms with Crippen molar-refractivity contribution < 1.29 is 0 Å². The van der Waals surface area contributed by atoms with Crippen LogP contribution in [-0.2, 0) is 0 Å². The van der Waals surface area contributed by atoms with Gasteiger partial charge in [-0.25, -0.2) is 9.97 Å². The van der Waals surface area contributed by atoms with Crippen LogP contribution in [0.1, 0.15) is 31.0 Å². The van der Waals surface area contributed by atoms with Gasteiger partial charge in [-0.1, -0.05) is 0 Å². The van der Waals surface area contributed by atoms with E-state index < -0.39 is 0 Å². The minimum absolute atomic E-state index is 0.357. The molecular formula is C17H19BrN8. The second-order valence-corrected chi connectivity index (χ2v) is 7.74. The Kier molecular flexibility index (Phi) is 3.96. The lowest BCUT2D eigenvalue weighted by molar-refractivity contribution is 0.472. The largest absolute Gasteiger partial charge is 0.355 e. The first kappa shape index (κ1) is 15.9. The molecule has 26 heavy (non-hydrogen) atoms. The van der Waals surface area contributed by atoms with Crippen LogP contribution in [0, 0.1) is 0 Å². The van der Waals surface area contributed by atoms with Crippen LogP contribution in [0.25, 0.3) is 5.65 Å². The van der Waals surface area contributed by atoms with E-state index in [0.717, 1.165) is 66.7 Å². The number of hydrogen-bond donors (Lipinski definition) is 0. The Bertz CT molecular complexity index is 912. The van der Waals surface area contributed by atoms with Crippen LogP contribution in [0.15, 0.2) is 29.0 Å². The summed E-state index contributed by atoms with van der Waals surface area (Å²) in [4.78, 5) is 13.3. The van der Waals surface area contributed by atoms with Crippen LogP contribution < -0.4 is 9.80 Å². The van der Waals surface area contributed by atoms with Crippen LogP contribution in [-0.4, -0.2) is 56.0 Å². The highest BCUT2D eigenvalue weighted by molar-refractivity contribution is 9.10. The van der Waals surface area contributed by atoms with Crippen molar-refractivity contribution in [3.05, 3.63) is 34.8 Å². The van der Waals surface area contributed by atoms with Gasteiger partial charge in [0.15, 0.2) is 11.5 Å². The molecule has 2 aliphatic rings. The van der Waals surface area contributed by atoms with Gasteiger partial charge in [0.1, 0.15) is 5.82 Å². The van der Waals surface area contributed by atoms with Crippen molar-refractivity contribution in [1.82, 2.24) is 29.8 Å². The number of fused-ring (bicyclic) bond motifs is 1. The maximum Gasteiger partial charge on any atom is 0.225 e. The van der Waals surface area contributed by atoms with Crippen molar-refractivity contribution in [2.75, 3.05) is 36.0 Å². The molecule has 2 fully saturated rings. The van der Waals surface area contributed by atoms with E-state index in [-0.39, 0.29) is 0 Å². The SMILES string of the molecule is Brc1cnc(N2CCC(c3nnc4ccc(N5CCC5)nn34)CC2)nc1. The van der Waals surface area contributed by atoms with E-state index in [0.29, 0.717) is 5.92 Å². The highest BCUT2D eigenvalue weighted by atomic mass is 79.9. The summed E-state index contributed by atoms with van der Waals surface area (Å²) in [6.45, 7) is 3.99. The number of piperidine rings is 1.